The van der Waals surface area contributed by atoms with Gasteiger partial charge in [-0.25, -0.2) is 0 Å². The highest BCUT2D eigenvalue weighted by molar-refractivity contribution is 4.93. The fourth-order valence-electron chi connectivity index (χ4n) is 1.37. The maximum atomic E-state index is 3.59. The third-order valence-corrected chi connectivity index (χ3v) is 3.15. The lowest BCUT2D eigenvalue weighted by atomic mass is 10.0. The Labute approximate surface area is 70.6 Å². The molecule has 1 N–H and O–H groups in total. The van der Waals surface area contributed by atoms with Crippen molar-refractivity contribution in [3.8, 4) is 0 Å². The van der Waals surface area contributed by atoms with Crippen LogP contribution >= 0.6 is 0 Å². The molecule has 0 aromatic carbocycles. The van der Waals surface area contributed by atoms with Gasteiger partial charge in [-0.1, -0.05) is 13.8 Å². The van der Waals surface area contributed by atoms with E-state index in [1.165, 1.54) is 32.2 Å². The summed E-state index contributed by atoms with van der Waals surface area (Å²) in [5, 5.41) is 3.59. The van der Waals surface area contributed by atoms with Gasteiger partial charge in [-0.15, -0.1) is 0 Å². The van der Waals surface area contributed by atoms with Crippen LogP contribution in [0.3, 0.4) is 0 Å². The molecular weight excluding hydrogens is 134 g/mol. The van der Waals surface area contributed by atoms with Crippen molar-refractivity contribution in [2.75, 3.05) is 6.54 Å². The molecule has 1 aliphatic rings. The van der Waals surface area contributed by atoms with Crippen LogP contribution in [0, 0.1) is 5.41 Å². The second-order valence-electron chi connectivity index (χ2n) is 4.04. The van der Waals surface area contributed by atoms with Gasteiger partial charge in [-0.05, 0) is 38.0 Å². The SMILES string of the molecule is CCC(C)NCC1(CC)CC1. The molecule has 0 aliphatic heterocycles. The maximum Gasteiger partial charge on any atom is 0.00363 e. The quantitative estimate of drug-likeness (QED) is 0.643. The molecule has 0 aromatic heterocycles. The van der Waals surface area contributed by atoms with Crippen molar-refractivity contribution in [3.05, 3.63) is 0 Å². The lowest BCUT2D eigenvalue weighted by molar-refractivity contribution is 0.406. The standard InChI is InChI=1S/C10H21N/c1-4-9(3)11-8-10(5-2)6-7-10/h9,11H,4-8H2,1-3H3. The first kappa shape index (κ1) is 9.05. The van der Waals surface area contributed by atoms with Crippen molar-refractivity contribution in [2.45, 2.75) is 52.5 Å². The summed E-state index contributed by atoms with van der Waals surface area (Å²) in [6.07, 6.45) is 5.51. The molecule has 0 bridgehead atoms. The molecular formula is C10H21N. The Morgan fingerprint density at radius 1 is 1.36 bits per heavy atom. The van der Waals surface area contributed by atoms with Gasteiger partial charge < -0.3 is 5.32 Å². The van der Waals surface area contributed by atoms with Gasteiger partial charge in [0.25, 0.3) is 0 Å². The Morgan fingerprint density at radius 3 is 2.36 bits per heavy atom. The molecule has 1 saturated carbocycles. The zero-order valence-corrected chi connectivity index (χ0v) is 8.11. The summed E-state index contributed by atoms with van der Waals surface area (Å²) in [6.45, 7) is 8.07. The molecule has 1 unspecified atom stereocenters. The van der Waals surface area contributed by atoms with E-state index in [0.717, 1.165) is 0 Å². The van der Waals surface area contributed by atoms with Crippen LogP contribution < -0.4 is 5.32 Å². The highest BCUT2D eigenvalue weighted by Gasteiger charge is 2.40. The molecule has 1 nitrogen and oxygen atoms in total. The minimum Gasteiger partial charge on any atom is -0.314 e. The van der Waals surface area contributed by atoms with Gasteiger partial charge in [0.15, 0.2) is 0 Å². The van der Waals surface area contributed by atoms with E-state index in [-0.39, 0.29) is 0 Å². The Balaban J connectivity index is 2.11. The molecule has 1 rings (SSSR count). The predicted molar refractivity (Wildman–Crippen MR) is 49.7 cm³/mol. The van der Waals surface area contributed by atoms with Crippen molar-refractivity contribution in [2.24, 2.45) is 5.41 Å². The second kappa shape index (κ2) is 3.57. The largest absolute Gasteiger partial charge is 0.314 e. The van der Waals surface area contributed by atoms with Crippen LogP contribution in [0.4, 0.5) is 0 Å². The summed E-state index contributed by atoms with van der Waals surface area (Å²) in [5.74, 6) is 0. The lowest BCUT2D eigenvalue weighted by Crippen LogP contribution is -2.31. The van der Waals surface area contributed by atoms with Crippen LogP contribution in [0.2, 0.25) is 0 Å². The van der Waals surface area contributed by atoms with Gasteiger partial charge in [0, 0.05) is 12.6 Å². The fourth-order valence-corrected chi connectivity index (χ4v) is 1.37. The molecule has 1 heteroatoms. The molecule has 0 amide bonds. The fraction of sp³-hybridized carbons (Fsp3) is 1.00. The average molecular weight is 155 g/mol. The Morgan fingerprint density at radius 2 is 2.00 bits per heavy atom. The lowest BCUT2D eigenvalue weighted by Gasteiger charge is -2.17. The summed E-state index contributed by atoms with van der Waals surface area (Å²) < 4.78 is 0. The first-order valence-corrected chi connectivity index (χ1v) is 4.96. The minimum absolute atomic E-state index is 0.707. The number of nitrogens with one attached hydrogen (secondary N) is 1. The van der Waals surface area contributed by atoms with Crippen molar-refractivity contribution in [1.82, 2.24) is 5.32 Å². The average Bonchev–Trinajstić information content (AvgIpc) is 2.81. The van der Waals surface area contributed by atoms with Gasteiger partial charge in [-0.2, -0.15) is 0 Å². The van der Waals surface area contributed by atoms with Crippen molar-refractivity contribution in [3.63, 3.8) is 0 Å². The zero-order chi connectivity index (χ0) is 8.32. The molecule has 0 radical (unpaired) electrons. The Hall–Kier alpha value is -0.0400. The smallest absolute Gasteiger partial charge is 0.00363 e. The third kappa shape index (κ3) is 2.48. The van der Waals surface area contributed by atoms with Gasteiger partial charge in [0.05, 0.1) is 0 Å². The van der Waals surface area contributed by atoms with Crippen molar-refractivity contribution >= 4 is 0 Å². The van der Waals surface area contributed by atoms with E-state index in [9.17, 15) is 0 Å². The van der Waals surface area contributed by atoms with Gasteiger partial charge in [0.1, 0.15) is 0 Å². The number of hydrogen-bond donors (Lipinski definition) is 1. The summed E-state index contributed by atoms with van der Waals surface area (Å²) in [4.78, 5) is 0. The number of rotatable bonds is 5. The van der Waals surface area contributed by atoms with Gasteiger partial charge >= 0.3 is 0 Å². The van der Waals surface area contributed by atoms with E-state index in [1.807, 2.05) is 0 Å². The summed E-state index contributed by atoms with van der Waals surface area (Å²) in [6, 6.07) is 0.707. The van der Waals surface area contributed by atoms with Crippen LogP contribution in [-0.4, -0.2) is 12.6 Å². The normalized spacial score (nSPS) is 23.2. The Bertz CT molecular complexity index is 116. The summed E-state index contributed by atoms with van der Waals surface area (Å²) >= 11 is 0. The molecule has 66 valence electrons. The molecule has 1 fully saturated rings. The minimum atomic E-state index is 0.707. The van der Waals surface area contributed by atoms with E-state index < -0.39 is 0 Å². The topological polar surface area (TPSA) is 12.0 Å². The molecule has 11 heavy (non-hydrogen) atoms. The predicted octanol–water partition coefficient (Wildman–Crippen LogP) is 2.56. The van der Waals surface area contributed by atoms with Crippen LogP contribution in [0.15, 0.2) is 0 Å². The molecule has 0 aromatic rings. The molecule has 0 heterocycles. The zero-order valence-electron chi connectivity index (χ0n) is 8.11. The van der Waals surface area contributed by atoms with E-state index in [4.69, 9.17) is 0 Å². The first-order chi connectivity index (χ1) is 5.22. The second-order valence-corrected chi connectivity index (χ2v) is 4.04. The summed E-state index contributed by atoms with van der Waals surface area (Å²) in [5.41, 5.74) is 0.712. The summed E-state index contributed by atoms with van der Waals surface area (Å²) in [7, 11) is 0. The highest BCUT2D eigenvalue weighted by Crippen LogP contribution is 2.47. The maximum absolute atomic E-state index is 3.59. The molecule has 1 aliphatic carbocycles. The Kier molecular flexibility index (Phi) is 2.94. The first-order valence-electron chi connectivity index (χ1n) is 4.96. The van der Waals surface area contributed by atoms with Crippen molar-refractivity contribution < 1.29 is 0 Å². The molecule has 0 saturated heterocycles. The third-order valence-electron chi connectivity index (χ3n) is 3.15. The van der Waals surface area contributed by atoms with Crippen LogP contribution in [0.1, 0.15) is 46.5 Å². The van der Waals surface area contributed by atoms with E-state index in [0.29, 0.717) is 11.5 Å². The molecule has 0 spiro atoms. The van der Waals surface area contributed by atoms with Crippen LogP contribution in [-0.2, 0) is 0 Å². The van der Waals surface area contributed by atoms with Crippen LogP contribution in [0.5, 0.6) is 0 Å². The number of hydrogen-bond acceptors (Lipinski definition) is 1. The van der Waals surface area contributed by atoms with E-state index >= 15 is 0 Å². The molecule has 1 atom stereocenters. The van der Waals surface area contributed by atoms with Gasteiger partial charge in [-0.3, -0.25) is 0 Å². The van der Waals surface area contributed by atoms with E-state index in [2.05, 4.69) is 26.1 Å². The van der Waals surface area contributed by atoms with Crippen molar-refractivity contribution in [1.29, 1.82) is 0 Å². The monoisotopic (exact) mass is 155 g/mol. The van der Waals surface area contributed by atoms with Crippen LogP contribution in [0.25, 0.3) is 0 Å². The van der Waals surface area contributed by atoms with E-state index in [1.54, 1.807) is 0 Å². The highest BCUT2D eigenvalue weighted by atomic mass is 14.9. The van der Waals surface area contributed by atoms with Gasteiger partial charge in [0.2, 0.25) is 0 Å².